The molecule has 2 nitrogen and oxygen atoms in total. The molecule has 0 aromatic heterocycles. The van der Waals surface area contributed by atoms with E-state index in [2.05, 4.69) is 18.4 Å². The lowest BCUT2D eigenvalue weighted by atomic mass is 9.76. The molecule has 0 bridgehead atoms. The van der Waals surface area contributed by atoms with Crippen LogP contribution >= 0.6 is 0 Å². The minimum absolute atomic E-state index is 0.334. The van der Waals surface area contributed by atoms with E-state index in [1.165, 1.54) is 0 Å². The van der Waals surface area contributed by atoms with Crippen LogP contribution in [-0.2, 0) is 10.3 Å². The summed E-state index contributed by atoms with van der Waals surface area (Å²) in [7, 11) is 0. The van der Waals surface area contributed by atoms with Gasteiger partial charge in [0.25, 0.3) is 0 Å². The van der Waals surface area contributed by atoms with Gasteiger partial charge in [0.05, 0.1) is 6.61 Å². The number of hydrogen-bond donors (Lipinski definition) is 1. The van der Waals surface area contributed by atoms with E-state index in [9.17, 15) is 5.11 Å². The first-order valence-corrected chi connectivity index (χ1v) is 8.81. The van der Waals surface area contributed by atoms with Gasteiger partial charge in [0.15, 0.2) is 5.60 Å². The van der Waals surface area contributed by atoms with Crippen LogP contribution in [0.15, 0.2) is 73.3 Å². The van der Waals surface area contributed by atoms with E-state index in [0.717, 1.165) is 24.0 Å². The van der Waals surface area contributed by atoms with Gasteiger partial charge in [0.2, 0.25) is 0 Å². The van der Waals surface area contributed by atoms with Gasteiger partial charge in [0, 0.05) is 5.56 Å². The quantitative estimate of drug-likeness (QED) is 0.648. The Labute approximate surface area is 150 Å². The minimum atomic E-state index is -1.06. The summed E-state index contributed by atoms with van der Waals surface area (Å²) < 4.78 is 6.23. The summed E-state index contributed by atoms with van der Waals surface area (Å²) in [6.07, 6.45) is 5.04. The first-order chi connectivity index (χ1) is 12.2. The van der Waals surface area contributed by atoms with Crippen LogP contribution in [-0.4, -0.2) is 17.3 Å². The standard InChI is InChI=1S/C23H24O2/c1-2-19-25-23(21-13-7-4-8-14-21,22(24)16-9-10-17-22)18-15-20-11-5-3-6-12-20/h2-8,11-14,24H,1,9-10,16-17,19H2. The van der Waals surface area contributed by atoms with Crippen molar-refractivity contribution in [1.82, 2.24) is 0 Å². The highest BCUT2D eigenvalue weighted by Gasteiger charge is 2.53. The predicted molar refractivity (Wildman–Crippen MR) is 101 cm³/mol. The van der Waals surface area contributed by atoms with Crippen LogP contribution in [0.4, 0.5) is 0 Å². The Bertz CT molecular complexity index is 749. The third-order valence-corrected chi connectivity index (χ3v) is 4.84. The molecule has 25 heavy (non-hydrogen) atoms. The van der Waals surface area contributed by atoms with Crippen LogP contribution in [0, 0.1) is 11.8 Å². The largest absolute Gasteiger partial charge is 0.385 e. The van der Waals surface area contributed by atoms with Crippen molar-refractivity contribution in [3.8, 4) is 11.8 Å². The molecule has 0 amide bonds. The van der Waals surface area contributed by atoms with Gasteiger partial charge in [-0.3, -0.25) is 0 Å². The lowest BCUT2D eigenvalue weighted by Gasteiger charge is -2.41. The average Bonchev–Trinajstić information content (AvgIpc) is 3.12. The number of aliphatic hydroxyl groups is 1. The van der Waals surface area contributed by atoms with E-state index in [0.29, 0.717) is 19.4 Å². The van der Waals surface area contributed by atoms with Crippen LogP contribution < -0.4 is 0 Å². The average molecular weight is 332 g/mol. The van der Waals surface area contributed by atoms with Crippen LogP contribution in [0.2, 0.25) is 0 Å². The highest BCUT2D eigenvalue weighted by molar-refractivity contribution is 5.43. The first-order valence-electron chi connectivity index (χ1n) is 8.81. The second kappa shape index (κ2) is 7.70. The van der Waals surface area contributed by atoms with Crippen LogP contribution in [0.5, 0.6) is 0 Å². The van der Waals surface area contributed by atoms with Crippen molar-refractivity contribution in [3.63, 3.8) is 0 Å². The summed E-state index contributed by atoms with van der Waals surface area (Å²) in [6, 6.07) is 19.7. The van der Waals surface area contributed by atoms with Gasteiger partial charge in [-0.1, -0.05) is 79.3 Å². The van der Waals surface area contributed by atoms with Gasteiger partial charge in [-0.05, 0) is 30.5 Å². The maximum atomic E-state index is 11.5. The van der Waals surface area contributed by atoms with Crippen LogP contribution in [0.1, 0.15) is 36.8 Å². The van der Waals surface area contributed by atoms with Crippen molar-refractivity contribution in [1.29, 1.82) is 0 Å². The number of ether oxygens (including phenoxy) is 1. The predicted octanol–water partition coefficient (Wildman–Crippen LogP) is 4.44. The van der Waals surface area contributed by atoms with Crippen molar-refractivity contribution in [2.24, 2.45) is 0 Å². The molecule has 2 heteroatoms. The molecule has 0 aliphatic heterocycles. The number of hydrogen-bond acceptors (Lipinski definition) is 2. The molecule has 0 radical (unpaired) electrons. The molecule has 1 unspecified atom stereocenters. The van der Waals surface area contributed by atoms with Crippen molar-refractivity contribution in [2.75, 3.05) is 6.61 Å². The summed E-state index contributed by atoms with van der Waals surface area (Å²) in [5.41, 5.74) is -0.259. The molecule has 1 atom stereocenters. The van der Waals surface area contributed by atoms with Crippen LogP contribution in [0.3, 0.4) is 0 Å². The Hall–Kier alpha value is -2.34. The molecule has 1 fully saturated rings. The zero-order valence-corrected chi connectivity index (χ0v) is 14.4. The normalized spacial score (nSPS) is 18.0. The lowest BCUT2D eigenvalue weighted by molar-refractivity contribution is -0.148. The highest BCUT2D eigenvalue weighted by atomic mass is 16.5. The summed E-state index contributed by atoms with van der Waals surface area (Å²) in [5, 5.41) is 11.5. The van der Waals surface area contributed by atoms with E-state index < -0.39 is 11.2 Å². The summed E-state index contributed by atoms with van der Waals surface area (Å²) in [4.78, 5) is 0. The monoisotopic (exact) mass is 332 g/mol. The highest BCUT2D eigenvalue weighted by Crippen LogP contribution is 2.46. The molecule has 1 saturated carbocycles. The molecular weight excluding hydrogens is 308 g/mol. The molecule has 2 aromatic rings. The fraction of sp³-hybridized carbons (Fsp3) is 0.304. The number of rotatable bonds is 5. The number of benzene rings is 2. The van der Waals surface area contributed by atoms with Crippen molar-refractivity contribution in [3.05, 3.63) is 84.4 Å². The van der Waals surface area contributed by atoms with Gasteiger partial charge in [0.1, 0.15) is 5.60 Å². The third-order valence-electron chi connectivity index (χ3n) is 4.84. The van der Waals surface area contributed by atoms with Crippen molar-refractivity contribution < 1.29 is 9.84 Å². The van der Waals surface area contributed by atoms with Gasteiger partial charge < -0.3 is 9.84 Å². The Morgan fingerprint density at radius 3 is 2.24 bits per heavy atom. The van der Waals surface area contributed by atoms with Gasteiger partial charge in [-0.2, -0.15) is 0 Å². The Kier molecular flexibility index (Phi) is 5.38. The molecule has 2 aromatic carbocycles. The van der Waals surface area contributed by atoms with Gasteiger partial charge >= 0.3 is 0 Å². The molecule has 3 rings (SSSR count). The van der Waals surface area contributed by atoms with Gasteiger partial charge in [-0.25, -0.2) is 0 Å². The third kappa shape index (κ3) is 3.54. The summed E-state index contributed by atoms with van der Waals surface area (Å²) in [5.74, 6) is 6.54. The molecule has 0 heterocycles. The first kappa shape index (κ1) is 17.5. The second-order valence-corrected chi connectivity index (χ2v) is 6.50. The Morgan fingerprint density at radius 1 is 1.04 bits per heavy atom. The molecule has 128 valence electrons. The van der Waals surface area contributed by atoms with E-state index in [1.807, 2.05) is 60.7 Å². The molecule has 0 saturated heterocycles. The van der Waals surface area contributed by atoms with E-state index in [4.69, 9.17) is 4.74 Å². The zero-order valence-electron chi connectivity index (χ0n) is 14.4. The van der Waals surface area contributed by atoms with Crippen molar-refractivity contribution in [2.45, 2.75) is 36.9 Å². The molecule has 1 aliphatic carbocycles. The smallest absolute Gasteiger partial charge is 0.183 e. The molecular formula is C23H24O2. The lowest BCUT2D eigenvalue weighted by Crippen LogP contribution is -2.51. The zero-order chi connectivity index (χ0) is 17.6. The molecule has 1 N–H and O–H groups in total. The van der Waals surface area contributed by atoms with Gasteiger partial charge in [-0.15, -0.1) is 6.58 Å². The maximum Gasteiger partial charge on any atom is 0.183 e. The molecule has 0 spiro atoms. The van der Waals surface area contributed by atoms with E-state index in [-0.39, 0.29) is 0 Å². The summed E-state index contributed by atoms with van der Waals surface area (Å²) in [6.45, 7) is 4.10. The van der Waals surface area contributed by atoms with E-state index in [1.54, 1.807) is 6.08 Å². The topological polar surface area (TPSA) is 29.5 Å². The van der Waals surface area contributed by atoms with E-state index >= 15 is 0 Å². The van der Waals surface area contributed by atoms with Crippen molar-refractivity contribution >= 4 is 0 Å². The summed E-state index contributed by atoms with van der Waals surface area (Å²) >= 11 is 0. The van der Waals surface area contributed by atoms with Crippen LogP contribution in [0.25, 0.3) is 0 Å². The maximum absolute atomic E-state index is 11.5. The molecule has 1 aliphatic rings. The second-order valence-electron chi connectivity index (χ2n) is 6.50. The minimum Gasteiger partial charge on any atom is -0.385 e. The Balaban J connectivity index is 2.14. The fourth-order valence-corrected chi connectivity index (χ4v) is 3.56. The Morgan fingerprint density at radius 2 is 1.64 bits per heavy atom. The SMILES string of the molecule is C=CCOC(C#Cc1ccccc1)(c1ccccc1)C1(O)CCCC1. The fourth-order valence-electron chi connectivity index (χ4n) is 3.56.